The molecule has 0 amide bonds. The molecule has 3 nitrogen and oxygen atoms in total. The molecule has 1 saturated heterocycles. The lowest BCUT2D eigenvalue weighted by Crippen LogP contribution is -2.42. The Balaban J connectivity index is 1.52. The monoisotopic (exact) mass is 389 g/mol. The molecule has 1 aromatic heterocycles. The smallest absolute Gasteiger partial charge is 0.357 e. The van der Waals surface area contributed by atoms with Gasteiger partial charge in [-0.2, -0.15) is 13.2 Å². The van der Waals surface area contributed by atoms with Crippen LogP contribution in [-0.4, -0.2) is 24.1 Å². The largest absolute Gasteiger partial charge is 0.417 e. The second-order valence-corrected chi connectivity index (χ2v) is 6.42. The van der Waals surface area contributed by atoms with Gasteiger partial charge in [0, 0.05) is 31.9 Å². The van der Waals surface area contributed by atoms with E-state index in [1.54, 1.807) is 0 Å². The molecule has 3 rings (SSSR count). The van der Waals surface area contributed by atoms with Crippen LogP contribution in [0.2, 0.25) is 0 Å². The van der Waals surface area contributed by atoms with Gasteiger partial charge in [0.2, 0.25) is 0 Å². The summed E-state index contributed by atoms with van der Waals surface area (Å²) in [5.74, 6) is -3.47. The molecule has 1 fully saturated rings. The number of anilines is 1. The van der Waals surface area contributed by atoms with E-state index < -0.39 is 29.2 Å². The van der Waals surface area contributed by atoms with Crippen LogP contribution in [0, 0.1) is 17.5 Å². The van der Waals surface area contributed by atoms with Gasteiger partial charge in [0.1, 0.15) is 5.82 Å². The van der Waals surface area contributed by atoms with Crippen LogP contribution in [0.1, 0.15) is 24.0 Å². The molecule has 0 saturated carbocycles. The Morgan fingerprint density at radius 1 is 1.04 bits per heavy atom. The zero-order valence-electron chi connectivity index (χ0n) is 14.2. The molecule has 1 aromatic carbocycles. The van der Waals surface area contributed by atoms with Gasteiger partial charge in [0.15, 0.2) is 17.5 Å². The fourth-order valence-electron chi connectivity index (χ4n) is 3.03. The van der Waals surface area contributed by atoms with E-state index in [2.05, 4.69) is 10.3 Å². The van der Waals surface area contributed by atoms with E-state index in [4.69, 9.17) is 0 Å². The summed E-state index contributed by atoms with van der Waals surface area (Å²) in [6.07, 6.45) is -2.22. The zero-order chi connectivity index (χ0) is 19.6. The molecule has 1 aliphatic rings. The van der Waals surface area contributed by atoms with Crippen molar-refractivity contribution in [1.29, 1.82) is 0 Å². The number of aromatic nitrogens is 1. The van der Waals surface area contributed by atoms with Crippen molar-refractivity contribution in [2.75, 3.05) is 18.0 Å². The first-order valence-corrected chi connectivity index (χ1v) is 8.39. The van der Waals surface area contributed by atoms with Crippen molar-refractivity contribution in [3.05, 3.63) is 59.0 Å². The van der Waals surface area contributed by atoms with E-state index >= 15 is 0 Å². The van der Waals surface area contributed by atoms with Crippen LogP contribution in [0.4, 0.5) is 32.2 Å². The molecule has 9 heteroatoms. The minimum Gasteiger partial charge on any atom is -0.357 e. The summed E-state index contributed by atoms with van der Waals surface area (Å²) < 4.78 is 77.1. The molecule has 27 heavy (non-hydrogen) atoms. The maximum atomic E-state index is 13.2. The minimum absolute atomic E-state index is 0.0758. The van der Waals surface area contributed by atoms with Gasteiger partial charge >= 0.3 is 6.18 Å². The molecule has 0 radical (unpaired) electrons. The van der Waals surface area contributed by atoms with Crippen LogP contribution >= 0.6 is 0 Å². The van der Waals surface area contributed by atoms with Crippen molar-refractivity contribution in [3.63, 3.8) is 0 Å². The van der Waals surface area contributed by atoms with Crippen LogP contribution in [-0.2, 0) is 12.7 Å². The highest BCUT2D eigenvalue weighted by Gasteiger charge is 2.31. The van der Waals surface area contributed by atoms with Gasteiger partial charge in [0.05, 0.1) is 5.56 Å². The standard InChI is InChI=1S/C18H17F6N3/c19-14-7-11(8-15(20)17(14)21)9-25-13-3-5-27(6-4-13)16-2-1-12(10-26-16)18(22,23)24/h1-2,7-8,10,13,25H,3-6,9H2. The lowest BCUT2D eigenvalue weighted by atomic mass is 10.0. The minimum atomic E-state index is -4.41. The molecule has 0 unspecified atom stereocenters. The number of hydrogen-bond acceptors (Lipinski definition) is 3. The molecular weight excluding hydrogens is 372 g/mol. The number of nitrogens with one attached hydrogen (secondary N) is 1. The van der Waals surface area contributed by atoms with Crippen molar-refractivity contribution in [2.24, 2.45) is 0 Å². The SMILES string of the molecule is Fc1cc(CNC2CCN(c3ccc(C(F)(F)F)cn3)CC2)cc(F)c1F. The van der Waals surface area contributed by atoms with Crippen molar-refractivity contribution in [2.45, 2.75) is 31.6 Å². The average molecular weight is 389 g/mol. The van der Waals surface area contributed by atoms with E-state index in [-0.39, 0.29) is 12.6 Å². The molecule has 0 aliphatic carbocycles. The second-order valence-electron chi connectivity index (χ2n) is 6.42. The Labute approximate surface area is 152 Å². The lowest BCUT2D eigenvalue weighted by Gasteiger charge is -2.33. The average Bonchev–Trinajstić information content (AvgIpc) is 2.64. The van der Waals surface area contributed by atoms with Crippen molar-refractivity contribution in [3.8, 4) is 0 Å². The third-order valence-corrected chi connectivity index (χ3v) is 4.53. The number of pyridine rings is 1. The summed E-state index contributed by atoms with van der Waals surface area (Å²) in [5, 5.41) is 3.16. The number of alkyl halides is 3. The van der Waals surface area contributed by atoms with Gasteiger partial charge in [-0.15, -0.1) is 0 Å². The third-order valence-electron chi connectivity index (χ3n) is 4.53. The summed E-state index contributed by atoms with van der Waals surface area (Å²) in [6, 6.07) is 4.33. The summed E-state index contributed by atoms with van der Waals surface area (Å²) in [6.45, 7) is 1.36. The van der Waals surface area contributed by atoms with Crippen molar-refractivity contribution < 1.29 is 26.3 Å². The Bertz CT molecular complexity index is 760. The van der Waals surface area contributed by atoms with Gasteiger partial charge in [-0.1, -0.05) is 0 Å². The van der Waals surface area contributed by atoms with Gasteiger partial charge in [-0.25, -0.2) is 18.2 Å². The number of piperidine rings is 1. The molecule has 1 aliphatic heterocycles. The molecule has 1 N–H and O–H groups in total. The summed E-state index contributed by atoms with van der Waals surface area (Å²) in [4.78, 5) is 5.77. The van der Waals surface area contributed by atoms with Crippen LogP contribution in [0.25, 0.3) is 0 Å². The van der Waals surface area contributed by atoms with Gasteiger partial charge < -0.3 is 10.2 Å². The normalized spacial score (nSPS) is 16.0. The van der Waals surface area contributed by atoms with Crippen molar-refractivity contribution >= 4 is 5.82 Å². The van der Waals surface area contributed by atoms with E-state index in [0.29, 0.717) is 37.3 Å². The first kappa shape index (κ1) is 19.5. The molecule has 2 aromatic rings. The van der Waals surface area contributed by atoms with Crippen molar-refractivity contribution in [1.82, 2.24) is 10.3 Å². The Morgan fingerprint density at radius 3 is 2.19 bits per heavy atom. The second kappa shape index (κ2) is 7.75. The third kappa shape index (κ3) is 4.71. The molecular formula is C18H17F6N3. The van der Waals surface area contributed by atoms with Gasteiger partial charge in [-0.05, 0) is 42.7 Å². The predicted octanol–water partition coefficient (Wildman–Crippen LogP) is 4.28. The topological polar surface area (TPSA) is 28.2 Å². The van der Waals surface area contributed by atoms with E-state index in [1.165, 1.54) is 6.07 Å². The van der Waals surface area contributed by atoms with E-state index in [9.17, 15) is 26.3 Å². The Hall–Kier alpha value is -2.29. The first-order chi connectivity index (χ1) is 12.7. The number of rotatable bonds is 4. The summed E-state index contributed by atoms with van der Waals surface area (Å²) >= 11 is 0. The van der Waals surface area contributed by atoms with Crippen LogP contribution in [0.3, 0.4) is 0 Å². The number of halogens is 6. The molecule has 0 atom stereocenters. The maximum absolute atomic E-state index is 13.2. The highest BCUT2D eigenvalue weighted by atomic mass is 19.4. The Morgan fingerprint density at radius 2 is 1.67 bits per heavy atom. The number of nitrogens with zero attached hydrogens (tertiary/aromatic N) is 2. The van der Waals surface area contributed by atoms with Crippen LogP contribution < -0.4 is 10.2 Å². The molecule has 146 valence electrons. The molecule has 2 heterocycles. The van der Waals surface area contributed by atoms with Crippen LogP contribution in [0.5, 0.6) is 0 Å². The van der Waals surface area contributed by atoms with Gasteiger partial charge in [-0.3, -0.25) is 0 Å². The quantitative estimate of drug-likeness (QED) is 0.625. The maximum Gasteiger partial charge on any atom is 0.417 e. The fraction of sp³-hybridized carbons (Fsp3) is 0.389. The van der Waals surface area contributed by atoms with E-state index in [1.807, 2.05) is 4.90 Å². The molecule has 0 spiro atoms. The zero-order valence-corrected chi connectivity index (χ0v) is 14.2. The first-order valence-electron chi connectivity index (χ1n) is 8.39. The number of hydrogen-bond donors (Lipinski definition) is 1. The van der Waals surface area contributed by atoms with Crippen LogP contribution in [0.15, 0.2) is 30.5 Å². The van der Waals surface area contributed by atoms with E-state index in [0.717, 1.165) is 24.4 Å². The van der Waals surface area contributed by atoms with Gasteiger partial charge in [0.25, 0.3) is 0 Å². The fourth-order valence-corrected chi connectivity index (χ4v) is 3.03. The number of benzene rings is 1. The Kier molecular flexibility index (Phi) is 5.59. The summed E-state index contributed by atoms with van der Waals surface area (Å²) in [5.41, 5.74) is -0.486. The lowest BCUT2D eigenvalue weighted by molar-refractivity contribution is -0.137. The molecule has 0 bridgehead atoms. The highest BCUT2D eigenvalue weighted by molar-refractivity contribution is 5.40. The predicted molar refractivity (Wildman–Crippen MR) is 87.6 cm³/mol. The summed E-state index contributed by atoms with van der Waals surface area (Å²) in [7, 11) is 0. The highest BCUT2D eigenvalue weighted by Crippen LogP contribution is 2.29.